The van der Waals surface area contributed by atoms with Crippen LogP contribution in [-0.2, 0) is 7.05 Å². The topological polar surface area (TPSA) is 85.0 Å². The van der Waals surface area contributed by atoms with Crippen molar-refractivity contribution in [3.8, 4) is 5.69 Å². The number of hydrogen-bond acceptors (Lipinski definition) is 4. The first kappa shape index (κ1) is 16.5. The highest BCUT2D eigenvalue weighted by Crippen LogP contribution is 2.38. The summed E-state index contributed by atoms with van der Waals surface area (Å²) in [5.41, 5.74) is 2.24. The van der Waals surface area contributed by atoms with Crippen molar-refractivity contribution >= 4 is 5.91 Å². The Kier molecular flexibility index (Phi) is 4.30. The number of aliphatic hydroxyl groups excluding tert-OH is 1. The molecule has 1 aliphatic carbocycles. The van der Waals surface area contributed by atoms with Crippen LogP contribution in [0.2, 0.25) is 0 Å². The van der Waals surface area contributed by atoms with Crippen molar-refractivity contribution < 1.29 is 9.90 Å². The molecule has 26 heavy (non-hydrogen) atoms. The summed E-state index contributed by atoms with van der Waals surface area (Å²) in [5, 5.41) is 21.3. The first-order valence-electron chi connectivity index (χ1n) is 8.68. The van der Waals surface area contributed by atoms with E-state index in [0.717, 1.165) is 11.3 Å². The van der Waals surface area contributed by atoms with Gasteiger partial charge in [0, 0.05) is 31.2 Å². The van der Waals surface area contributed by atoms with Crippen LogP contribution in [0.1, 0.15) is 34.8 Å². The third kappa shape index (κ3) is 3.13. The average molecular weight is 351 g/mol. The van der Waals surface area contributed by atoms with Crippen molar-refractivity contribution in [2.45, 2.75) is 25.0 Å². The van der Waals surface area contributed by atoms with Gasteiger partial charge in [-0.05, 0) is 37.0 Å². The van der Waals surface area contributed by atoms with E-state index < -0.39 is 0 Å². The predicted molar refractivity (Wildman–Crippen MR) is 95.7 cm³/mol. The molecule has 1 aromatic carbocycles. The van der Waals surface area contributed by atoms with Gasteiger partial charge in [-0.25, -0.2) is 4.68 Å². The van der Waals surface area contributed by atoms with Crippen molar-refractivity contribution in [2.24, 2.45) is 13.0 Å². The molecule has 0 unspecified atom stereocenters. The van der Waals surface area contributed by atoms with E-state index in [1.807, 2.05) is 43.7 Å². The van der Waals surface area contributed by atoms with E-state index in [4.69, 9.17) is 0 Å². The number of nitrogens with zero attached hydrogens (tertiary/aromatic N) is 4. The van der Waals surface area contributed by atoms with Gasteiger partial charge in [-0.1, -0.05) is 12.1 Å². The molecule has 0 aliphatic heterocycles. The van der Waals surface area contributed by atoms with Gasteiger partial charge in [-0.3, -0.25) is 9.48 Å². The lowest BCUT2D eigenvalue weighted by Gasteiger charge is -2.37. The molecule has 1 amide bonds. The van der Waals surface area contributed by atoms with Crippen molar-refractivity contribution in [3.63, 3.8) is 0 Å². The third-order valence-corrected chi connectivity index (χ3v) is 4.89. The molecular weight excluding hydrogens is 330 g/mol. The number of amides is 1. The van der Waals surface area contributed by atoms with E-state index in [1.165, 1.54) is 0 Å². The Hall–Kier alpha value is -2.93. The van der Waals surface area contributed by atoms with Gasteiger partial charge < -0.3 is 10.4 Å². The highest BCUT2D eigenvalue weighted by Gasteiger charge is 2.36. The van der Waals surface area contributed by atoms with Crippen LogP contribution in [0.5, 0.6) is 0 Å². The number of rotatable bonds is 5. The van der Waals surface area contributed by atoms with Gasteiger partial charge in [0.1, 0.15) is 0 Å². The van der Waals surface area contributed by atoms with Crippen LogP contribution in [0.25, 0.3) is 5.69 Å². The molecule has 1 saturated carbocycles. The fourth-order valence-corrected chi connectivity index (χ4v) is 3.47. The molecule has 7 heteroatoms. The van der Waals surface area contributed by atoms with E-state index in [-0.39, 0.29) is 24.0 Å². The van der Waals surface area contributed by atoms with Crippen LogP contribution in [0.15, 0.2) is 55.1 Å². The first-order chi connectivity index (χ1) is 12.6. The Balaban J connectivity index is 1.61. The van der Waals surface area contributed by atoms with Crippen LogP contribution in [0.4, 0.5) is 0 Å². The lowest BCUT2D eigenvalue weighted by atomic mass is 9.75. The summed E-state index contributed by atoms with van der Waals surface area (Å²) < 4.78 is 3.41. The van der Waals surface area contributed by atoms with E-state index >= 15 is 0 Å². The van der Waals surface area contributed by atoms with Crippen molar-refractivity contribution in [1.82, 2.24) is 24.9 Å². The number of aliphatic hydroxyl groups is 1. The van der Waals surface area contributed by atoms with Gasteiger partial charge in [0.2, 0.25) is 0 Å². The molecule has 1 aliphatic rings. The lowest BCUT2D eigenvalue weighted by Crippen LogP contribution is -2.41. The molecule has 3 aromatic rings. The number of nitrogens with one attached hydrogen (secondary N) is 1. The molecule has 1 fully saturated rings. The van der Waals surface area contributed by atoms with E-state index in [0.29, 0.717) is 18.4 Å². The second-order valence-electron chi connectivity index (χ2n) is 6.75. The van der Waals surface area contributed by atoms with Crippen molar-refractivity contribution in [3.05, 3.63) is 66.2 Å². The summed E-state index contributed by atoms with van der Waals surface area (Å²) in [6.45, 7) is 0. The van der Waals surface area contributed by atoms with Crippen LogP contribution in [-0.4, -0.2) is 36.7 Å². The molecule has 0 saturated heterocycles. The zero-order valence-electron chi connectivity index (χ0n) is 14.5. The molecule has 0 bridgehead atoms. The monoisotopic (exact) mass is 351 g/mol. The SMILES string of the molecule is Cn1cc([C@H](NC(=O)c2ccccc2-n2cccn2)C2CC(O)C2)cn1. The molecule has 2 N–H and O–H groups in total. The number of carbonyl (C=O) groups excluding carboxylic acids is 1. The van der Waals surface area contributed by atoms with Gasteiger partial charge in [0.25, 0.3) is 5.91 Å². The zero-order chi connectivity index (χ0) is 18.1. The molecule has 0 radical (unpaired) electrons. The lowest BCUT2D eigenvalue weighted by molar-refractivity contribution is 0.0235. The van der Waals surface area contributed by atoms with Gasteiger partial charge in [0.05, 0.1) is 29.6 Å². The Morgan fingerprint density at radius 1 is 1.27 bits per heavy atom. The Morgan fingerprint density at radius 2 is 2.08 bits per heavy atom. The van der Waals surface area contributed by atoms with Crippen LogP contribution in [0, 0.1) is 5.92 Å². The largest absolute Gasteiger partial charge is 0.393 e. The minimum atomic E-state index is -0.285. The average Bonchev–Trinajstić information content (AvgIpc) is 3.29. The minimum Gasteiger partial charge on any atom is -0.393 e. The van der Waals surface area contributed by atoms with Gasteiger partial charge in [0.15, 0.2) is 0 Å². The molecule has 7 nitrogen and oxygen atoms in total. The van der Waals surface area contributed by atoms with E-state index in [2.05, 4.69) is 15.5 Å². The maximum absolute atomic E-state index is 13.0. The number of hydrogen-bond donors (Lipinski definition) is 2. The quantitative estimate of drug-likeness (QED) is 0.735. The fourth-order valence-electron chi connectivity index (χ4n) is 3.47. The molecule has 0 spiro atoms. The smallest absolute Gasteiger partial charge is 0.253 e. The van der Waals surface area contributed by atoms with Crippen LogP contribution >= 0.6 is 0 Å². The maximum atomic E-state index is 13.0. The van der Waals surface area contributed by atoms with Gasteiger partial charge >= 0.3 is 0 Å². The summed E-state index contributed by atoms with van der Waals surface area (Å²) in [6.07, 6.45) is 8.26. The molecule has 134 valence electrons. The van der Waals surface area contributed by atoms with Gasteiger partial charge in [-0.15, -0.1) is 0 Å². The second kappa shape index (κ2) is 6.76. The number of aryl methyl sites for hydroxylation is 1. The summed E-state index contributed by atoms with van der Waals surface area (Å²) in [6, 6.07) is 9.03. The summed E-state index contributed by atoms with van der Waals surface area (Å²) in [5.74, 6) is 0.0429. The zero-order valence-corrected chi connectivity index (χ0v) is 14.5. The molecule has 2 aromatic heterocycles. The molecule has 2 heterocycles. The Morgan fingerprint density at radius 3 is 2.73 bits per heavy atom. The Bertz CT molecular complexity index is 896. The van der Waals surface area contributed by atoms with E-state index in [9.17, 15) is 9.90 Å². The predicted octanol–water partition coefficient (Wildman–Crippen LogP) is 1.85. The number of para-hydroxylation sites is 1. The summed E-state index contributed by atoms with van der Waals surface area (Å²) in [4.78, 5) is 13.0. The minimum absolute atomic E-state index is 0.161. The molecule has 4 rings (SSSR count). The summed E-state index contributed by atoms with van der Waals surface area (Å²) >= 11 is 0. The van der Waals surface area contributed by atoms with Crippen LogP contribution in [0.3, 0.4) is 0 Å². The number of benzene rings is 1. The second-order valence-corrected chi connectivity index (χ2v) is 6.75. The van der Waals surface area contributed by atoms with Gasteiger partial charge in [-0.2, -0.15) is 10.2 Å². The van der Waals surface area contributed by atoms with Crippen molar-refractivity contribution in [1.29, 1.82) is 0 Å². The number of aromatic nitrogens is 4. The number of carbonyl (C=O) groups is 1. The molecule has 1 atom stereocenters. The van der Waals surface area contributed by atoms with Crippen LogP contribution < -0.4 is 5.32 Å². The third-order valence-electron chi connectivity index (χ3n) is 4.89. The normalized spacial score (nSPS) is 20.4. The molecular formula is C19H21N5O2. The van der Waals surface area contributed by atoms with Crippen molar-refractivity contribution in [2.75, 3.05) is 0 Å². The highest BCUT2D eigenvalue weighted by molar-refractivity contribution is 5.98. The maximum Gasteiger partial charge on any atom is 0.253 e. The summed E-state index contributed by atoms with van der Waals surface area (Å²) in [7, 11) is 1.85. The fraction of sp³-hybridized carbons (Fsp3) is 0.316. The van der Waals surface area contributed by atoms with E-state index in [1.54, 1.807) is 27.8 Å². The standard InChI is InChI=1S/C19H21N5O2/c1-23-12-14(11-21-23)18(13-9-15(25)10-13)22-19(26)16-5-2-3-6-17(16)24-8-4-7-20-24/h2-8,11-13,15,18,25H,9-10H2,1H3,(H,22,26)/t13?,15?,18-/m1/s1. The Labute approximate surface area is 151 Å². The highest BCUT2D eigenvalue weighted by atomic mass is 16.3. The first-order valence-corrected chi connectivity index (χ1v) is 8.68.